The van der Waals surface area contributed by atoms with Crippen LogP contribution in [0.4, 0.5) is 5.69 Å². The van der Waals surface area contributed by atoms with Crippen LogP contribution in [0.3, 0.4) is 0 Å². The first-order valence-electron chi connectivity index (χ1n) is 5.30. The fourth-order valence-electron chi connectivity index (χ4n) is 1.45. The highest BCUT2D eigenvalue weighted by molar-refractivity contribution is 9.10. The van der Waals surface area contributed by atoms with Crippen molar-refractivity contribution in [3.63, 3.8) is 0 Å². The van der Waals surface area contributed by atoms with Gasteiger partial charge in [-0.2, -0.15) is 0 Å². The Balaban J connectivity index is 2.90. The van der Waals surface area contributed by atoms with Crippen molar-refractivity contribution in [3.05, 3.63) is 38.3 Å². The Hall–Kier alpha value is -1.47. The van der Waals surface area contributed by atoms with Crippen molar-refractivity contribution in [1.29, 1.82) is 0 Å². The Morgan fingerprint density at radius 1 is 1.61 bits per heavy atom. The van der Waals surface area contributed by atoms with E-state index < -0.39 is 16.9 Å². The van der Waals surface area contributed by atoms with Crippen LogP contribution in [-0.2, 0) is 16.0 Å². The van der Waals surface area contributed by atoms with E-state index in [1.807, 2.05) is 0 Å². The Morgan fingerprint density at radius 3 is 2.83 bits per heavy atom. The molecule has 0 fully saturated rings. The quantitative estimate of drug-likeness (QED) is 0.507. The number of nitrogens with two attached hydrogens (primary N) is 1. The summed E-state index contributed by atoms with van der Waals surface area (Å²) in [5, 5.41) is 10.9. The Bertz CT molecular complexity index is 464. The number of nitro benzene ring substituents is 1. The summed E-state index contributed by atoms with van der Waals surface area (Å²) in [6.07, 6.45) is 0.0719. The maximum Gasteiger partial charge on any atom is 0.323 e. The number of hydrogen-bond acceptors (Lipinski definition) is 5. The van der Waals surface area contributed by atoms with Crippen LogP contribution in [0.15, 0.2) is 22.7 Å². The molecule has 0 radical (unpaired) electrons. The average molecular weight is 317 g/mol. The molecule has 1 rings (SSSR count). The molecule has 0 amide bonds. The summed E-state index contributed by atoms with van der Waals surface area (Å²) in [6.45, 7) is 1.90. The number of halogens is 1. The third-order valence-electron chi connectivity index (χ3n) is 2.27. The fourth-order valence-corrected chi connectivity index (χ4v) is 1.80. The molecule has 2 N–H and O–H groups in total. The van der Waals surface area contributed by atoms with Crippen molar-refractivity contribution in [1.82, 2.24) is 0 Å². The summed E-state index contributed by atoms with van der Waals surface area (Å²) in [7, 11) is 0. The van der Waals surface area contributed by atoms with Gasteiger partial charge in [-0.3, -0.25) is 14.9 Å². The predicted molar refractivity (Wildman–Crippen MR) is 69.1 cm³/mol. The summed E-state index contributed by atoms with van der Waals surface area (Å²) >= 11 is 3.16. The van der Waals surface area contributed by atoms with Crippen molar-refractivity contribution in [3.8, 4) is 0 Å². The number of nitro groups is 1. The highest BCUT2D eigenvalue weighted by atomic mass is 79.9. The van der Waals surface area contributed by atoms with Crippen LogP contribution in [0.1, 0.15) is 12.5 Å². The van der Waals surface area contributed by atoms with Gasteiger partial charge in [0.25, 0.3) is 5.69 Å². The molecule has 0 saturated carbocycles. The zero-order chi connectivity index (χ0) is 13.7. The molecule has 98 valence electrons. The average Bonchev–Trinajstić information content (AvgIpc) is 2.31. The Morgan fingerprint density at radius 2 is 2.28 bits per heavy atom. The highest BCUT2D eigenvalue weighted by Crippen LogP contribution is 2.24. The lowest BCUT2D eigenvalue weighted by Gasteiger charge is -2.10. The van der Waals surface area contributed by atoms with Crippen LogP contribution in [0, 0.1) is 10.1 Å². The van der Waals surface area contributed by atoms with Gasteiger partial charge < -0.3 is 10.5 Å². The second-order valence-corrected chi connectivity index (χ2v) is 4.51. The van der Waals surface area contributed by atoms with E-state index in [9.17, 15) is 14.9 Å². The predicted octanol–water partition coefficient (Wildman–Crippen LogP) is 1.79. The third-order valence-corrected chi connectivity index (χ3v) is 2.77. The second-order valence-electron chi connectivity index (χ2n) is 3.59. The number of benzene rings is 1. The minimum atomic E-state index is -0.898. The number of esters is 1. The number of carbonyl (C=O) groups is 1. The number of ether oxygens (including phenoxy) is 1. The van der Waals surface area contributed by atoms with Gasteiger partial charge in [-0.25, -0.2) is 0 Å². The molecule has 0 heterocycles. The van der Waals surface area contributed by atoms with E-state index in [4.69, 9.17) is 10.5 Å². The van der Waals surface area contributed by atoms with Crippen molar-refractivity contribution < 1.29 is 14.5 Å². The zero-order valence-corrected chi connectivity index (χ0v) is 11.3. The maximum absolute atomic E-state index is 11.4. The van der Waals surface area contributed by atoms with Crippen LogP contribution in [0.2, 0.25) is 0 Å². The lowest BCUT2D eigenvalue weighted by molar-refractivity contribution is -0.385. The molecule has 1 unspecified atom stereocenters. The second kappa shape index (κ2) is 6.46. The molecule has 18 heavy (non-hydrogen) atoms. The monoisotopic (exact) mass is 316 g/mol. The normalized spacial score (nSPS) is 11.9. The Kier molecular flexibility index (Phi) is 5.24. The first-order chi connectivity index (χ1) is 8.45. The van der Waals surface area contributed by atoms with Gasteiger partial charge in [-0.05, 0) is 13.0 Å². The smallest absolute Gasteiger partial charge is 0.323 e. The van der Waals surface area contributed by atoms with E-state index in [0.29, 0.717) is 10.0 Å². The van der Waals surface area contributed by atoms with Gasteiger partial charge in [0.1, 0.15) is 6.04 Å². The summed E-state index contributed by atoms with van der Waals surface area (Å²) < 4.78 is 5.36. The van der Waals surface area contributed by atoms with Gasteiger partial charge in [0.15, 0.2) is 0 Å². The lowest BCUT2D eigenvalue weighted by atomic mass is 10.0. The summed E-state index contributed by atoms with van der Waals surface area (Å²) in [4.78, 5) is 21.7. The van der Waals surface area contributed by atoms with Gasteiger partial charge in [0.05, 0.1) is 11.5 Å². The van der Waals surface area contributed by atoms with E-state index in [2.05, 4.69) is 15.9 Å². The zero-order valence-electron chi connectivity index (χ0n) is 9.76. The van der Waals surface area contributed by atoms with Gasteiger partial charge in [0.2, 0.25) is 0 Å². The number of nitrogens with zero attached hydrogens (tertiary/aromatic N) is 1. The van der Waals surface area contributed by atoms with Crippen molar-refractivity contribution >= 4 is 27.6 Å². The molecular formula is C11H13BrN2O4. The molecule has 1 atom stereocenters. The Labute approximate surface area is 112 Å². The molecule has 1 aromatic rings. The fraction of sp³-hybridized carbons (Fsp3) is 0.364. The van der Waals surface area contributed by atoms with Crippen molar-refractivity contribution in [2.24, 2.45) is 5.73 Å². The molecule has 1 aromatic carbocycles. The van der Waals surface area contributed by atoms with Gasteiger partial charge in [-0.1, -0.05) is 22.0 Å². The number of carbonyl (C=O) groups excluding carboxylic acids is 1. The molecule has 6 nitrogen and oxygen atoms in total. The highest BCUT2D eigenvalue weighted by Gasteiger charge is 2.21. The van der Waals surface area contributed by atoms with Gasteiger partial charge in [-0.15, -0.1) is 0 Å². The molecule has 0 aliphatic carbocycles. The van der Waals surface area contributed by atoms with E-state index in [1.54, 1.807) is 19.1 Å². The van der Waals surface area contributed by atoms with E-state index in [0.717, 1.165) is 0 Å². The minimum Gasteiger partial charge on any atom is -0.465 e. The van der Waals surface area contributed by atoms with E-state index >= 15 is 0 Å². The van der Waals surface area contributed by atoms with E-state index in [-0.39, 0.29) is 18.7 Å². The van der Waals surface area contributed by atoms with Gasteiger partial charge in [0, 0.05) is 22.5 Å². The SMILES string of the molecule is CCOC(=O)C(N)Cc1ccc(Br)cc1[N+](=O)[O-]. The summed E-state index contributed by atoms with van der Waals surface area (Å²) in [5.41, 5.74) is 5.97. The molecule has 0 saturated heterocycles. The number of rotatable bonds is 5. The first kappa shape index (κ1) is 14.6. The molecule has 0 spiro atoms. The maximum atomic E-state index is 11.4. The van der Waals surface area contributed by atoms with Crippen molar-refractivity contribution in [2.45, 2.75) is 19.4 Å². The van der Waals surface area contributed by atoms with Crippen LogP contribution < -0.4 is 5.73 Å². The summed E-state index contributed by atoms with van der Waals surface area (Å²) in [5.74, 6) is -0.560. The van der Waals surface area contributed by atoms with Crippen LogP contribution in [-0.4, -0.2) is 23.5 Å². The molecule has 7 heteroatoms. The standard InChI is InChI=1S/C11H13BrN2O4/c1-2-18-11(15)9(13)5-7-3-4-8(12)6-10(7)14(16)17/h3-4,6,9H,2,5,13H2,1H3. The van der Waals surface area contributed by atoms with Gasteiger partial charge >= 0.3 is 5.97 Å². The topological polar surface area (TPSA) is 95.5 Å². The third kappa shape index (κ3) is 3.78. The first-order valence-corrected chi connectivity index (χ1v) is 6.10. The van der Waals surface area contributed by atoms with Crippen LogP contribution >= 0.6 is 15.9 Å². The molecule has 0 aromatic heterocycles. The summed E-state index contributed by atoms with van der Waals surface area (Å²) in [6, 6.07) is 3.72. The molecule has 0 aliphatic heterocycles. The molecule has 0 bridgehead atoms. The largest absolute Gasteiger partial charge is 0.465 e. The number of hydrogen-bond donors (Lipinski definition) is 1. The van der Waals surface area contributed by atoms with E-state index in [1.165, 1.54) is 6.07 Å². The molecule has 0 aliphatic rings. The van der Waals surface area contributed by atoms with Crippen LogP contribution in [0.25, 0.3) is 0 Å². The lowest BCUT2D eigenvalue weighted by Crippen LogP contribution is -2.34. The van der Waals surface area contributed by atoms with Crippen LogP contribution in [0.5, 0.6) is 0 Å². The van der Waals surface area contributed by atoms with Crippen molar-refractivity contribution in [2.75, 3.05) is 6.61 Å². The minimum absolute atomic E-state index is 0.0656. The molecular weight excluding hydrogens is 304 g/mol.